The molecule has 0 aliphatic carbocycles. The molecule has 4 aromatic rings. The minimum absolute atomic E-state index is 0.129. The second-order valence-electron chi connectivity index (χ2n) is 21.7. The van der Waals surface area contributed by atoms with Crippen molar-refractivity contribution >= 4 is 40.5 Å². The van der Waals surface area contributed by atoms with Gasteiger partial charge in [0.25, 0.3) is 11.8 Å². The molecule has 6 bridgehead atoms. The van der Waals surface area contributed by atoms with E-state index in [1.165, 1.54) is 9.91 Å². The van der Waals surface area contributed by atoms with E-state index in [1.807, 2.05) is 58.0 Å². The number of likely N-dealkylation sites (N-methyl/N-ethyl adjacent to an activating group) is 2. The fourth-order valence-corrected chi connectivity index (χ4v) is 11.1. The highest BCUT2D eigenvalue weighted by Crippen LogP contribution is 2.42. The molecule has 2 N–H and O–H groups in total. The van der Waals surface area contributed by atoms with Crippen molar-refractivity contribution < 1.29 is 38.2 Å². The van der Waals surface area contributed by atoms with Crippen LogP contribution in [0.2, 0.25) is 0 Å². The third-order valence-electron chi connectivity index (χ3n) is 15.4. The third kappa shape index (κ3) is 11.2. The van der Waals surface area contributed by atoms with Gasteiger partial charge in [0.2, 0.25) is 11.8 Å². The Hall–Kier alpha value is -6.12. The number of rotatable bonds is 10. The van der Waals surface area contributed by atoms with E-state index < -0.39 is 52.8 Å². The van der Waals surface area contributed by atoms with Crippen LogP contribution < -0.4 is 10.7 Å². The number of esters is 1. The van der Waals surface area contributed by atoms with Crippen molar-refractivity contribution in [3.8, 4) is 34.2 Å². The molecule has 16 heteroatoms. The molecule has 0 spiro atoms. The van der Waals surface area contributed by atoms with Gasteiger partial charge in [-0.05, 0) is 112 Å². The molecule has 3 fully saturated rings. The number of pyridine rings is 1. The minimum Gasteiger partial charge on any atom is -0.464 e. The number of carbonyl (C=O) groups is 5. The maximum Gasteiger partial charge on any atom is 0.324 e. The molecule has 0 saturated carbocycles. The van der Waals surface area contributed by atoms with Gasteiger partial charge in [-0.2, -0.15) is 0 Å². The highest BCUT2D eigenvalue weighted by atomic mass is 16.5. The molecular weight excluding hydrogens is 925 g/mol. The summed E-state index contributed by atoms with van der Waals surface area (Å²) in [6.45, 7) is 14.8. The predicted molar refractivity (Wildman–Crippen MR) is 279 cm³/mol. The van der Waals surface area contributed by atoms with Crippen molar-refractivity contribution in [1.29, 1.82) is 0 Å². The number of likely N-dealkylation sites (tertiary alicyclic amines) is 1. The first-order valence-electron chi connectivity index (χ1n) is 26.0. The van der Waals surface area contributed by atoms with Crippen LogP contribution in [-0.2, 0) is 57.6 Å². The number of benzene rings is 2. The van der Waals surface area contributed by atoms with Crippen molar-refractivity contribution in [3.63, 3.8) is 0 Å². The van der Waals surface area contributed by atoms with E-state index in [1.54, 1.807) is 25.3 Å². The fraction of sp³-hybridized carbons (Fsp3) is 0.544. The molecule has 2 aromatic heterocycles. The molecule has 3 saturated heterocycles. The van der Waals surface area contributed by atoms with Gasteiger partial charge in [-0.15, -0.1) is 0 Å². The average Bonchev–Trinajstić information content (AvgIpc) is 4.15. The van der Waals surface area contributed by atoms with Gasteiger partial charge in [0, 0.05) is 87.9 Å². The van der Waals surface area contributed by atoms with E-state index in [4.69, 9.17) is 19.2 Å². The number of nitrogens with one attached hydrogen (secondary N) is 2. The number of ether oxygens (including phenoxy) is 3. The lowest BCUT2D eigenvalue weighted by Gasteiger charge is -2.37. The molecule has 1 unspecified atom stereocenters. The van der Waals surface area contributed by atoms with E-state index in [2.05, 4.69) is 84.3 Å². The highest BCUT2D eigenvalue weighted by Gasteiger charge is 2.41. The maximum absolute atomic E-state index is 14.8. The number of carbonyl (C=O) groups excluding carboxylic acids is 5. The molecule has 8 rings (SSSR count). The fourth-order valence-electron chi connectivity index (χ4n) is 11.1. The lowest BCUT2D eigenvalue weighted by Crippen LogP contribution is -2.62. The van der Waals surface area contributed by atoms with Crippen LogP contribution in [0.3, 0.4) is 0 Å². The summed E-state index contributed by atoms with van der Waals surface area (Å²) in [6.07, 6.45) is 4.39. The van der Waals surface area contributed by atoms with E-state index in [0.29, 0.717) is 65.0 Å². The lowest BCUT2D eigenvalue weighted by molar-refractivity contribution is -0.155. The molecule has 6 heterocycles. The first-order valence-corrected chi connectivity index (χ1v) is 26.0. The molecule has 390 valence electrons. The van der Waals surface area contributed by atoms with Gasteiger partial charge in [-0.25, -0.2) is 5.43 Å². The van der Waals surface area contributed by atoms with Crippen LogP contribution in [0.1, 0.15) is 90.2 Å². The summed E-state index contributed by atoms with van der Waals surface area (Å²) in [5, 5.41) is 5.60. The predicted octanol–water partition coefficient (Wildman–Crippen LogP) is 5.80. The number of amides is 4. The number of hydrazine groups is 1. The summed E-state index contributed by atoms with van der Waals surface area (Å²) in [5.74, 6) is 3.18. The Bertz CT molecular complexity index is 2780. The number of hydrogen-bond acceptors (Lipinski definition) is 11. The standard InChI is InChI=1S/C57H74N8O8/c1-11-64-47-20-19-40-31-43(47)44(51(64)42-17-13-25-58-49(42)37(4)71-10)32-56(5,6)34-73-55(70)45-18-14-26-65(60-45)54(69)46(30-38-15-12-16-39(40)29-38)59-52(67)50(36(2)3)62(9)53(68)41-22-27-63(33-41)48(66)21-23-57(61(7)8)24-28-72-35-57/h12-13,15-17,19-20,25,29,31,36-37,41,45-46,50,60H,11,14,18,22,24,26-28,30,32-35H2,1-10H3,(H,59,67)/t37-,41?,45-,46-,50-,57-/m0/s1. The van der Waals surface area contributed by atoms with Crippen molar-refractivity contribution in [3.05, 3.63) is 77.6 Å². The number of hydrogen-bond donors (Lipinski definition) is 2. The summed E-state index contributed by atoms with van der Waals surface area (Å²) < 4.78 is 19.9. The van der Waals surface area contributed by atoms with E-state index >= 15 is 0 Å². The van der Waals surface area contributed by atoms with Crippen LogP contribution >= 0.6 is 0 Å². The number of cyclic esters (lactones) is 1. The zero-order valence-electron chi connectivity index (χ0n) is 44.4. The Morgan fingerprint density at radius 3 is 2.49 bits per heavy atom. The van der Waals surface area contributed by atoms with Crippen LogP contribution in [0.5, 0.6) is 0 Å². The van der Waals surface area contributed by atoms with Crippen LogP contribution in [0.15, 0.2) is 60.8 Å². The molecule has 2 aromatic carbocycles. The molecule has 4 aliphatic rings. The largest absolute Gasteiger partial charge is 0.464 e. The first kappa shape index (κ1) is 53.2. The Kier molecular flexibility index (Phi) is 16.1. The van der Waals surface area contributed by atoms with Gasteiger partial charge in [-0.1, -0.05) is 63.9 Å². The van der Waals surface area contributed by atoms with E-state index in [-0.39, 0.29) is 43.4 Å². The smallest absolute Gasteiger partial charge is 0.324 e. The third-order valence-corrected chi connectivity index (χ3v) is 15.4. The van der Waals surface area contributed by atoms with Crippen LogP contribution in [0.4, 0.5) is 0 Å². The van der Waals surface area contributed by atoms with Gasteiger partial charge in [0.05, 0.1) is 36.6 Å². The minimum atomic E-state index is -1.07. The summed E-state index contributed by atoms with van der Waals surface area (Å²) >= 11 is 0. The summed E-state index contributed by atoms with van der Waals surface area (Å²) in [6, 6.07) is 15.8. The van der Waals surface area contributed by atoms with Gasteiger partial charge in [0.1, 0.15) is 23.7 Å². The van der Waals surface area contributed by atoms with Crippen LogP contribution in [0.25, 0.3) is 33.3 Å². The SMILES string of the molecule is CCn1c(-c2cccnc2[C@H](C)OC)c2c3cc(ccc31)-c1cccc(c1)C[C@H](NC(=O)[C@H](C(C)C)N(C)C(=O)C1CCN(C(=O)C#C[C@]3(N(C)C)CCOC3)C1)C(=O)N1CCC[C@H](N1)C(=O)OCC(C)(C)C2. The van der Waals surface area contributed by atoms with Crippen molar-refractivity contribution in [2.24, 2.45) is 17.3 Å². The molecule has 0 radical (unpaired) electrons. The Morgan fingerprint density at radius 1 is 1.00 bits per heavy atom. The van der Waals surface area contributed by atoms with Gasteiger partial charge in [0.15, 0.2) is 0 Å². The van der Waals surface area contributed by atoms with Gasteiger partial charge >= 0.3 is 5.97 Å². The number of nitrogens with zero attached hydrogens (tertiary/aromatic N) is 6. The Morgan fingerprint density at radius 2 is 1.78 bits per heavy atom. The topological polar surface area (TPSA) is 168 Å². The molecule has 16 nitrogen and oxygen atoms in total. The molecular formula is C57H74N8O8. The van der Waals surface area contributed by atoms with Gasteiger partial charge < -0.3 is 33.9 Å². The Labute approximate surface area is 430 Å². The zero-order chi connectivity index (χ0) is 52.4. The number of fused-ring (bicyclic) bond motifs is 6. The molecule has 73 heavy (non-hydrogen) atoms. The molecule has 4 amide bonds. The molecule has 6 atom stereocenters. The summed E-state index contributed by atoms with van der Waals surface area (Å²) in [7, 11) is 7.15. The van der Waals surface area contributed by atoms with Crippen molar-refractivity contribution in [2.45, 2.75) is 116 Å². The first-order chi connectivity index (χ1) is 34.8. The number of methoxy groups -OCH3 is 1. The quantitative estimate of drug-likeness (QED) is 0.146. The Balaban J connectivity index is 1.11. The second kappa shape index (κ2) is 22.2. The molecule has 4 aliphatic heterocycles. The van der Waals surface area contributed by atoms with Crippen molar-refractivity contribution in [1.82, 2.24) is 40.0 Å². The van der Waals surface area contributed by atoms with Crippen molar-refractivity contribution in [2.75, 3.05) is 67.7 Å². The van der Waals surface area contributed by atoms with E-state index in [0.717, 1.165) is 50.1 Å². The number of aryl methyl sites for hydroxylation is 1. The maximum atomic E-state index is 14.8. The van der Waals surface area contributed by atoms with Gasteiger partial charge in [-0.3, -0.25) is 38.9 Å². The van der Waals surface area contributed by atoms with E-state index in [9.17, 15) is 24.0 Å². The zero-order valence-corrected chi connectivity index (χ0v) is 44.4. The lowest BCUT2D eigenvalue weighted by atomic mass is 9.84. The average molecular weight is 999 g/mol. The number of aromatic nitrogens is 2. The second-order valence-corrected chi connectivity index (χ2v) is 21.7. The highest BCUT2D eigenvalue weighted by molar-refractivity contribution is 5.97. The summed E-state index contributed by atoms with van der Waals surface area (Å²) in [5.41, 5.74) is 9.91. The monoisotopic (exact) mass is 999 g/mol. The van der Waals surface area contributed by atoms with Crippen LogP contribution in [-0.4, -0.2) is 150 Å². The van der Waals surface area contributed by atoms with Crippen LogP contribution in [0, 0.1) is 29.1 Å². The summed E-state index contributed by atoms with van der Waals surface area (Å²) in [4.78, 5) is 81.1. The normalized spacial score (nSPS) is 23.2.